The van der Waals surface area contributed by atoms with Crippen LogP contribution in [-0.4, -0.2) is 67.7 Å². The van der Waals surface area contributed by atoms with Crippen molar-refractivity contribution in [3.63, 3.8) is 0 Å². The number of halogens is 2. The van der Waals surface area contributed by atoms with Crippen molar-refractivity contribution in [1.82, 2.24) is 40.4 Å². The number of rotatable bonds is 12. The molecule has 10 rings (SSSR count). The van der Waals surface area contributed by atoms with Gasteiger partial charge < -0.3 is 19.5 Å². The quantitative estimate of drug-likeness (QED) is 0.122. The molecule has 4 aromatic heterocycles. The number of piperidine rings is 2. The molecule has 8 aromatic rings. The molecule has 14 heteroatoms. The van der Waals surface area contributed by atoms with Crippen LogP contribution in [-0.2, 0) is 22.7 Å². The van der Waals surface area contributed by atoms with Gasteiger partial charge in [-0.25, -0.2) is 18.7 Å². The molecule has 2 atom stereocenters. The highest BCUT2D eigenvalue weighted by molar-refractivity contribution is 5.80. The molecule has 0 saturated carbocycles. The molecule has 0 spiro atoms. The number of carbonyl (C=O) groups excluding carboxylic acids is 2. The van der Waals surface area contributed by atoms with Crippen molar-refractivity contribution < 1.29 is 27.2 Å². The van der Waals surface area contributed by atoms with Crippen molar-refractivity contribution in [1.29, 1.82) is 0 Å². The smallest absolute Gasteiger partial charge is 0.224 e. The lowest BCUT2D eigenvalue weighted by Gasteiger charge is -2.31. The van der Waals surface area contributed by atoms with Gasteiger partial charge in [-0.05, 0) is 136 Å². The predicted molar refractivity (Wildman–Crippen MR) is 245 cm³/mol. The number of amides is 2. The number of oxazole rings is 2. The van der Waals surface area contributed by atoms with Crippen LogP contribution < -0.4 is 10.6 Å². The first-order valence-corrected chi connectivity index (χ1v) is 22.4. The van der Waals surface area contributed by atoms with Gasteiger partial charge in [0.15, 0.2) is 11.2 Å². The first-order chi connectivity index (χ1) is 32.3. The van der Waals surface area contributed by atoms with Crippen molar-refractivity contribution in [2.45, 2.75) is 50.9 Å². The fourth-order valence-electron chi connectivity index (χ4n) is 8.64. The number of likely N-dealkylation sites (tertiary alicyclic amines) is 2. The molecule has 2 saturated heterocycles. The SMILES string of the molecule is O=C(NC(c1ccc(F)cc1)c1ccccn1)C1CCN(Cc2nc3ccccc3o2)CC1.O=C(NC(c1ccc(F)cc1)c1ccccn1)C1CCN(Cc2nc3ccccc3o2)CC1. The lowest BCUT2D eigenvalue weighted by Crippen LogP contribution is -2.41. The predicted octanol–water partition coefficient (Wildman–Crippen LogP) is 8.96. The van der Waals surface area contributed by atoms with Gasteiger partial charge in [-0.2, -0.15) is 0 Å². The number of carbonyl (C=O) groups is 2. The lowest BCUT2D eigenvalue weighted by molar-refractivity contribution is -0.127. The standard InChI is InChI=1S/2C26H25FN4O2/c2*27-20-10-8-18(9-11-20)25(22-6-3-4-14-28-22)30-26(32)19-12-15-31(16-13-19)17-24-29-21-5-1-2-7-23(21)33-24/h2*1-11,14,19,25H,12-13,15-17H2,(H,30,32). The van der Waals surface area contributed by atoms with Crippen LogP contribution in [0.15, 0.2) is 155 Å². The fourth-order valence-corrected chi connectivity index (χ4v) is 8.64. The Labute approximate surface area is 381 Å². The number of nitrogens with zero attached hydrogens (tertiary/aromatic N) is 6. The molecule has 2 fully saturated rings. The average Bonchev–Trinajstić information content (AvgIpc) is 3.97. The summed E-state index contributed by atoms with van der Waals surface area (Å²) in [5.74, 6) is 0.602. The molecule has 2 amide bonds. The van der Waals surface area contributed by atoms with Crippen LogP contribution in [0, 0.1) is 23.5 Å². The molecule has 0 aliphatic carbocycles. The average molecular weight is 889 g/mol. The second-order valence-corrected chi connectivity index (χ2v) is 16.7. The third-order valence-electron chi connectivity index (χ3n) is 12.3. The van der Waals surface area contributed by atoms with Gasteiger partial charge in [-0.15, -0.1) is 0 Å². The fraction of sp³-hybridized carbons (Fsp3) is 0.269. The van der Waals surface area contributed by atoms with E-state index in [0.29, 0.717) is 24.9 Å². The molecule has 2 N–H and O–H groups in total. The van der Waals surface area contributed by atoms with Crippen LogP contribution >= 0.6 is 0 Å². The highest BCUT2D eigenvalue weighted by atomic mass is 19.1. The number of hydrogen-bond acceptors (Lipinski definition) is 10. The Kier molecular flexibility index (Phi) is 13.9. The number of pyridine rings is 2. The van der Waals surface area contributed by atoms with Gasteiger partial charge >= 0.3 is 0 Å². The summed E-state index contributed by atoms with van der Waals surface area (Å²) < 4.78 is 38.6. The molecular weight excluding hydrogens is 839 g/mol. The molecule has 2 aliphatic rings. The summed E-state index contributed by atoms with van der Waals surface area (Å²) in [5, 5.41) is 6.30. The Morgan fingerprint density at radius 1 is 0.530 bits per heavy atom. The van der Waals surface area contributed by atoms with Crippen LogP contribution in [0.4, 0.5) is 8.78 Å². The number of nitrogens with one attached hydrogen (secondary N) is 2. The van der Waals surface area contributed by atoms with Gasteiger partial charge in [0.2, 0.25) is 23.6 Å². The summed E-state index contributed by atoms with van der Waals surface area (Å²) in [4.78, 5) is 48.8. The van der Waals surface area contributed by atoms with Crippen LogP contribution in [0.1, 0.15) is 72.1 Å². The van der Waals surface area contributed by atoms with E-state index in [1.807, 2.05) is 84.9 Å². The second-order valence-electron chi connectivity index (χ2n) is 16.7. The third kappa shape index (κ3) is 11.0. The molecule has 0 radical (unpaired) electrons. The molecule has 0 bridgehead atoms. The Morgan fingerprint density at radius 2 is 0.909 bits per heavy atom. The zero-order valence-corrected chi connectivity index (χ0v) is 36.3. The molecular formula is C52H50F2N8O4. The maximum absolute atomic E-state index is 13.4. The van der Waals surface area contributed by atoms with Crippen LogP contribution in [0.25, 0.3) is 22.2 Å². The van der Waals surface area contributed by atoms with Crippen molar-refractivity contribution in [3.8, 4) is 0 Å². The van der Waals surface area contributed by atoms with E-state index in [9.17, 15) is 18.4 Å². The van der Waals surface area contributed by atoms with Gasteiger partial charge in [0.05, 0.1) is 36.6 Å². The minimum atomic E-state index is -0.419. The maximum atomic E-state index is 13.4. The van der Waals surface area contributed by atoms with E-state index < -0.39 is 12.1 Å². The van der Waals surface area contributed by atoms with Crippen LogP contribution in [0.3, 0.4) is 0 Å². The molecule has 2 aliphatic heterocycles. The van der Waals surface area contributed by atoms with Gasteiger partial charge in [-0.1, -0.05) is 60.7 Å². The number of fused-ring (bicyclic) bond motifs is 2. The van der Waals surface area contributed by atoms with E-state index in [-0.39, 0.29) is 35.3 Å². The van der Waals surface area contributed by atoms with Crippen molar-refractivity contribution in [2.75, 3.05) is 26.2 Å². The van der Waals surface area contributed by atoms with E-state index in [2.05, 4.69) is 40.4 Å². The zero-order chi connectivity index (χ0) is 45.2. The van der Waals surface area contributed by atoms with Gasteiger partial charge in [0.25, 0.3) is 0 Å². The van der Waals surface area contributed by atoms with Gasteiger partial charge in [0, 0.05) is 24.2 Å². The van der Waals surface area contributed by atoms with Crippen molar-refractivity contribution in [2.24, 2.45) is 11.8 Å². The number of para-hydroxylation sites is 4. The lowest BCUT2D eigenvalue weighted by atomic mass is 9.94. The summed E-state index contributed by atoms with van der Waals surface area (Å²) in [6.07, 6.45) is 6.41. The van der Waals surface area contributed by atoms with Gasteiger partial charge in [0.1, 0.15) is 22.7 Å². The second kappa shape index (κ2) is 20.8. The summed E-state index contributed by atoms with van der Waals surface area (Å²) in [7, 11) is 0. The normalized spacial score (nSPS) is 16.0. The summed E-state index contributed by atoms with van der Waals surface area (Å²) in [5.41, 5.74) is 6.38. The monoisotopic (exact) mass is 888 g/mol. The van der Waals surface area contributed by atoms with E-state index in [0.717, 1.165) is 96.6 Å². The number of aromatic nitrogens is 4. The van der Waals surface area contributed by atoms with E-state index in [1.165, 1.54) is 24.3 Å². The first kappa shape index (κ1) is 44.1. The third-order valence-corrected chi connectivity index (χ3v) is 12.3. The van der Waals surface area contributed by atoms with E-state index in [1.54, 1.807) is 36.7 Å². The molecule has 12 nitrogen and oxygen atoms in total. The van der Waals surface area contributed by atoms with Gasteiger partial charge in [-0.3, -0.25) is 29.4 Å². The minimum absolute atomic E-state index is 0.00325. The first-order valence-electron chi connectivity index (χ1n) is 22.4. The van der Waals surface area contributed by atoms with Crippen molar-refractivity contribution >= 4 is 34.0 Å². The van der Waals surface area contributed by atoms with Crippen LogP contribution in [0.5, 0.6) is 0 Å². The highest BCUT2D eigenvalue weighted by Crippen LogP contribution is 2.27. The number of benzene rings is 4. The largest absolute Gasteiger partial charge is 0.439 e. The molecule has 336 valence electrons. The van der Waals surface area contributed by atoms with Crippen LogP contribution in [0.2, 0.25) is 0 Å². The molecule has 6 heterocycles. The Morgan fingerprint density at radius 3 is 1.27 bits per heavy atom. The highest BCUT2D eigenvalue weighted by Gasteiger charge is 2.30. The topological polar surface area (TPSA) is 143 Å². The Hall–Kier alpha value is -7.16. The maximum Gasteiger partial charge on any atom is 0.224 e. The molecule has 4 aromatic carbocycles. The van der Waals surface area contributed by atoms with E-state index >= 15 is 0 Å². The Bertz CT molecular complexity index is 2570. The minimum Gasteiger partial charge on any atom is -0.439 e. The molecule has 66 heavy (non-hydrogen) atoms. The van der Waals surface area contributed by atoms with Crippen molar-refractivity contribution in [3.05, 3.63) is 192 Å². The molecule has 2 unspecified atom stereocenters. The summed E-state index contributed by atoms with van der Waals surface area (Å²) in [6.45, 7) is 4.44. The zero-order valence-electron chi connectivity index (χ0n) is 36.3. The Balaban J connectivity index is 0.000000166. The van der Waals surface area contributed by atoms with E-state index in [4.69, 9.17) is 8.83 Å². The summed E-state index contributed by atoms with van der Waals surface area (Å²) in [6, 6.07) is 38.2. The summed E-state index contributed by atoms with van der Waals surface area (Å²) >= 11 is 0. The number of hydrogen-bond donors (Lipinski definition) is 2.